The highest BCUT2D eigenvalue weighted by atomic mass is 35.5. The highest BCUT2D eigenvalue weighted by molar-refractivity contribution is 7.89. The van der Waals surface area contributed by atoms with Crippen LogP contribution in [0.5, 0.6) is 0 Å². The summed E-state index contributed by atoms with van der Waals surface area (Å²) in [5.41, 5.74) is 2.23. The monoisotopic (exact) mass is 451 g/mol. The first-order valence-electron chi connectivity index (χ1n) is 9.11. The maximum Gasteiger partial charge on any atom is 0.258 e. The number of halogens is 2. The number of H-pyrrole nitrogens is 1. The number of benzene rings is 2. The van der Waals surface area contributed by atoms with E-state index in [2.05, 4.69) is 4.98 Å². The molecule has 0 bridgehead atoms. The first-order chi connectivity index (χ1) is 13.9. The number of fused-ring (bicyclic) bond motifs is 1. The minimum Gasteiger partial charge on any atom is -0.345 e. The Bertz CT molecular complexity index is 1150. The van der Waals surface area contributed by atoms with E-state index in [1.54, 1.807) is 41.3 Å². The molecule has 6 nitrogen and oxygen atoms in total. The van der Waals surface area contributed by atoms with Crippen molar-refractivity contribution in [3.8, 4) is 0 Å². The van der Waals surface area contributed by atoms with Crippen LogP contribution in [-0.2, 0) is 15.9 Å². The van der Waals surface area contributed by atoms with Gasteiger partial charge >= 0.3 is 0 Å². The summed E-state index contributed by atoms with van der Waals surface area (Å²) in [6.07, 6.45) is 0. The predicted octanol–water partition coefficient (Wildman–Crippen LogP) is 3.71. The summed E-state index contributed by atoms with van der Waals surface area (Å²) < 4.78 is 27.4. The van der Waals surface area contributed by atoms with Crippen LogP contribution < -0.4 is 0 Å². The molecule has 4 rings (SSSR count). The van der Waals surface area contributed by atoms with Crippen LogP contribution in [0.1, 0.15) is 15.9 Å². The van der Waals surface area contributed by atoms with Crippen molar-refractivity contribution in [3.05, 3.63) is 64.7 Å². The Morgan fingerprint density at radius 3 is 2.34 bits per heavy atom. The fourth-order valence-electron chi connectivity index (χ4n) is 3.41. The maximum absolute atomic E-state index is 13.0. The van der Waals surface area contributed by atoms with Crippen molar-refractivity contribution in [3.63, 3.8) is 0 Å². The van der Waals surface area contributed by atoms with Crippen molar-refractivity contribution in [1.29, 1.82) is 0 Å². The summed E-state index contributed by atoms with van der Waals surface area (Å²) in [6.45, 7) is 1.15. The van der Waals surface area contributed by atoms with Gasteiger partial charge < -0.3 is 9.88 Å². The highest BCUT2D eigenvalue weighted by Crippen LogP contribution is 2.25. The third-order valence-electron chi connectivity index (χ3n) is 5.06. The molecule has 1 fully saturated rings. The maximum atomic E-state index is 13.0. The molecular weight excluding hydrogens is 433 g/mol. The van der Waals surface area contributed by atoms with Gasteiger partial charge in [-0.05, 0) is 42.0 Å². The van der Waals surface area contributed by atoms with Gasteiger partial charge in [-0.1, -0.05) is 23.7 Å². The molecule has 0 radical (unpaired) electrons. The molecule has 1 aromatic heterocycles. The van der Waals surface area contributed by atoms with E-state index in [4.69, 9.17) is 23.2 Å². The molecule has 9 heteroatoms. The average molecular weight is 452 g/mol. The number of nitrogens with zero attached hydrogens (tertiary/aromatic N) is 2. The van der Waals surface area contributed by atoms with Crippen molar-refractivity contribution in [2.24, 2.45) is 0 Å². The van der Waals surface area contributed by atoms with Gasteiger partial charge in [0.25, 0.3) is 15.9 Å². The van der Waals surface area contributed by atoms with Gasteiger partial charge in [0, 0.05) is 53.5 Å². The number of nitrogens with one attached hydrogen (secondary N) is 1. The molecule has 29 heavy (non-hydrogen) atoms. The van der Waals surface area contributed by atoms with Gasteiger partial charge in [0.1, 0.15) is 5.03 Å². The van der Waals surface area contributed by atoms with Crippen molar-refractivity contribution < 1.29 is 13.2 Å². The largest absolute Gasteiger partial charge is 0.345 e. The molecule has 1 saturated heterocycles. The molecule has 0 unspecified atom stereocenters. The molecular formula is C20H19Cl2N3O3S. The van der Waals surface area contributed by atoms with Crippen LogP contribution in [0.2, 0.25) is 5.02 Å². The number of aromatic nitrogens is 1. The molecule has 2 heterocycles. The first-order valence-corrected chi connectivity index (χ1v) is 11.5. The number of alkyl halides is 1. The van der Waals surface area contributed by atoms with E-state index in [9.17, 15) is 13.2 Å². The lowest BCUT2D eigenvalue weighted by Crippen LogP contribution is -2.50. The molecule has 0 saturated carbocycles. The van der Waals surface area contributed by atoms with Gasteiger partial charge in [-0.15, -0.1) is 11.6 Å². The van der Waals surface area contributed by atoms with Gasteiger partial charge in [0.2, 0.25) is 0 Å². The van der Waals surface area contributed by atoms with Crippen LogP contribution in [0.3, 0.4) is 0 Å². The van der Waals surface area contributed by atoms with Crippen molar-refractivity contribution in [1.82, 2.24) is 14.2 Å². The zero-order valence-electron chi connectivity index (χ0n) is 15.4. The summed E-state index contributed by atoms with van der Waals surface area (Å²) in [5.74, 6) is 0.286. The molecule has 0 atom stereocenters. The van der Waals surface area contributed by atoms with Crippen molar-refractivity contribution in [2.75, 3.05) is 26.2 Å². The number of carbonyl (C=O) groups is 1. The fourth-order valence-corrected chi connectivity index (χ4v) is 5.20. The van der Waals surface area contributed by atoms with Gasteiger partial charge in [0.05, 0.1) is 0 Å². The lowest BCUT2D eigenvalue weighted by molar-refractivity contribution is 0.0698. The predicted molar refractivity (Wildman–Crippen MR) is 114 cm³/mol. The lowest BCUT2D eigenvalue weighted by Gasteiger charge is -2.33. The second kappa shape index (κ2) is 7.99. The van der Waals surface area contributed by atoms with E-state index >= 15 is 0 Å². The van der Waals surface area contributed by atoms with E-state index < -0.39 is 10.0 Å². The number of carbonyl (C=O) groups excluding carboxylic acids is 1. The number of hydrogen-bond acceptors (Lipinski definition) is 3. The number of hydrogen-bond donors (Lipinski definition) is 1. The van der Waals surface area contributed by atoms with Crippen LogP contribution >= 0.6 is 23.2 Å². The highest BCUT2D eigenvalue weighted by Gasteiger charge is 2.31. The zero-order valence-corrected chi connectivity index (χ0v) is 17.8. The third-order valence-corrected chi connectivity index (χ3v) is 7.42. The molecule has 0 spiro atoms. The summed E-state index contributed by atoms with van der Waals surface area (Å²) in [7, 11) is -3.68. The number of sulfonamides is 1. The average Bonchev–Trinajstić information content (AvgIpc) is 3.17. The van der Waals surface area contributed by atoms with E-state index in [0.29, 0.717) is 35.1 Å². The molecule has 1 aliphatic rings. The standard InChI is InChI=1S/C20H19Cl2N3O3S/c21-13-14-1-3-15(4-2-14)20(26)24-7-9-25(10-8-24)29(27,28)19-12-16-11-17(22)5-6-18(16)23-19/h1-6,11-12,23H,7-10,13H2. The number of aromatic amines is 1. The molecule has 0 aliphatic carbocycles. The molecule has 2 aromatic carbocycles. The van der Waals surface area contributed by atoms with E-state index in [1.807, 2.05) is 12.1 Å². The van der Waals surface area contributed by atoms with Crippen LogP contribution in [0.25, 0.3) is 10.9 Å². The number of rotatable bonds is 4. The Hall–Kier alpha value is -2.06. The number of piperazine rings is 1. The summed E-state index contributed by atoms with van der Waals surface area (Å²) in [5, 5.41) is 1.42. The molecule has 1 N–H and O–H groups in total. The minimum atomic E-state index is -3.68. The quantitative estimate of drug-likeness (QED) is 0.614. The zero-order chi connectivity index (χ0) is 20.6. The molecule has 1 amide bonds. The van der Waals surface area contributed by atoms with E-state index in [0.717, 1.165) is 10.9 Å². The van der Waals surface area contributed by atoms with Gasteiger partial charge in [0.15, 0.2) is 0 Å². The topological polar surface area (TPSA) is 73.5 Å². The molecule has 152 valence electrons. The van der Waals surface area contributed by atoms with E-state index in [1.165, 1.54) is 4.31 Å². The Morgan fingerprint density at radius 1 is 1.00 bits per heavy atom. The fraction of sp³-hybridized carbons (Fsp3) is 0.250. The molecule has 3 aromatic rings. The summed E-state index contributed by atoms with van der Waals surface area (Å²) in [6, 6.07) is 13.9. The second-order valence-corrected chi connectivity index (χ2v) is 9.50. The van der Waals surface area contributed by atoms with Crippen molar-refractivity contribution in [2.45, 2.75) is 10.9 Å². The minimum absolute atomic E-state index is 0.108. The van der Waals surface area contributed by atoms with Crippen LogP contribution in [0.4, 0.5) is 0 Å². The Kier molecular flexibility index (Phi) is 5.57. The normalized spacial score (nSPS) is 15.7. The Labute approximate surface area is 179 Å². The third kappa shape index (κ3) is 4.00. The first kappa shape index (κ1) is 20.2. The van der Waals surface area contributed by atoms with Crippen LogP contribution in [0.15, 0.2) is 53.6 Å². The van der Waals surface area contributed by atoms with Crippen LogP contribution in [0, 0.1) is 0 Å². The van der Waals surface area contributed by atoms with Gasteiger partial charge in [-0.2, -0.15) is 4.31 Å². The van der Waals surface area contributed by atoms with Gasteiger partial charge in [-0.3, -0.25) is 4.79 Å². The lowest BCUT2D eigenvalue weighted by atomic mass is 10.1. The Morgan fingerprint density at radius 2 is 1.69 bits per heavy atom. The molecule has 1 aliphatic heterocycles. The van der Waals surface area contributed by atoms with Crippen molar-refractivity contribution >= 4 is 50.0 Å². The summed E-state index contributed by atoms with van der Waals surface area (Å²) >= 11 is 11.8. The smallest absolute Gasteiger partial charge is 0.258 e. The number of amides is 1. The van der Waals surface area contributed by atoms with Crippen LogP contribution in [-0.4, -0.2) is 54.7 Å². The summed E-state index contributed by atoms with van der Waals surface area (Å²) in [4.78, 5) is 17.3. The van der Waals surface area contributed by atoms with Gasteiger partial charge in [-0.25, -0.2) is 8.42 Å². The van der Waals surface area contributed by atoms with E-state index in [-0.39, 0.29) is 24.0 Å². The SMILES string of the molecule is O=C(c1ccc(CCl)cc1)N1CCN(S(=O)(=O)c2cc3cc(Cl)ccc3[nH]2)CC1. The Balaban J connectivity index is 1.46. The second-order valence-electron chi connectivity index (χ2n) is 6.89.